The number of benzene rings is 2. The van der Waals surface area contributed by atoms with E-state index in [1.807, 2.05) is 25.1 Å². The van der Waals surface area contributed by atoms with Crippen LogP contribution in [0, 0.1) is 5.82 Å². The Morgan fingerprint density at radius 1 is 1.07 bits per heavy atom. The predicted octanol–water partition coefficient (Wildman–Crippen LogP) is 3.01. The van der Waals surface area contributed by atoms with Gasteiger partial charge in [0.05, 0.1) is 19.3 Å². The minimum absolute atomic E-state index is 0.0369. The number of piperazine rings is 1. The Hall–Kier alpha value is -2.60. The molecule has 0 spiro atoms. The second kappa shape index (κ2) is 8.86. The number of hydrogen-bond acceptors (Lipinski definition) is 4. The Labute approximate surface area is 159 Å². The first-order valence-electron chi connectivity index (χ1n) is 9.28. The second-order valence-corrected chi connectivity index (χ2v) is 6.55. The number of likely N-dealkylation sites (N-methyl/N-ethyl adjacent to an activating group) is 1. The van der Waals surface area contributed by atoms with Gasteiger partial charge in [0.1, 0.15) is 11.6 Å². The quantitative estimate of drug-likeness (QED) is 0.782. The highest BCUT2D eigenvalue weighted by Gasteiger charge is 2.23. The van der Waals surface area contributed by atoms with Gasteiger partial charge >= 0.3 is 0 Å². The van der Waals surface area contributed by atoms with Gasteiger partial charge in [-0.25, -0.2) is 4.39 Å². The summed E-state index contributed by atoms with van der Waals surface area (Å²) >= 11 is 0. The molecular formula is C21H26FN3O2. The normalized spacial score (nSPS) is 14.9. The smallest absolute Gasteiger partial charge is 0.241 e. The van der Waals surface area contributed by atoms with Crippen molar-refractivity contribution in [2.75, 3.05) is 56.2 Å². The van der Waals surface area contributed by atoms with E-state index >= 15 is 0 Å². The summed E-state index contributed by atoms with van der Waals surface area (Å²) in [6.45, 7) is 6.17. The molecule has 27 heavy (non-hydrogen) atoms. The number of anilines is 2. The minimum Gasteiger partial charge on any atom is -0.495 e. The van der Waals surface area contributed by atoms with E-state index in [2.05, 4.69) is 15.9 Å². The summed E-state index contributed by atoms with van der Waals surface area (Å²) in [7, 11) is 1.68. The number of methoxy groups -OCH3 is 1. The summed E-state index contributed by atoms with van der Waals surface area (Å²) in [4.78, 5) is 18.9. The maximum absolute atomic E-state index is 13.1. The fraction of sp³-hybridized carbons (Fsp3) is 0.381. The molecule has 144 valence electrons. The largest absolute Gasteiger partial charge is 0.495 e. The van der Waals surface area contributed by atoms with Gasteiger partial charge in [-0.3, -0.25) is 9.69 Å². The summed E-state index contributed by atoms with van der Waals surface area (Å²) in [5.74, 6) is 0.611. The zero-order valence-electron chi connectivity index (χ0n) is 15.9. The van der Waals surface area contributed by atoms with E-state index in [1.165, 1.54) is 12.1 Å². The molecule has 0 bridgehead atoms. The van der Waals surface area contributed by atoms with Crippen LogP contribution in [0.5, 0.6) is 5.75 Å². The summed E-state index contributed by atoms with van der Waals surface area (Å²) < 4.78 is 18.6. The van der Waals surface area contributed by atoms with E-state index in [-0.39, 0.29) is 11.7 Å². The molecule has 6 heteroatoms. The van der Waals surface area contributed by atoms with Crippen LogP contribution in [-0.2, 0) is 4.79 Å². The third-order valence-corrected chi connectivity index (χ3v) is 4.91. The number of ether oxygens (including phenoxy) is 1. The number of carbonyl (C=O) groups excluding carboxylic acids is 1. The molecule has 0 unspecified atom stereocenters. The number of hydrogen-bond donors (Lipinski definition) is 0. The number of amides is 1. The molecule has 1 aliphatic rings. The summed E-state index contributed by atoms with van der Waals surface area (Å²) in [5, 5.41) is 0. The number of halogens is 1. The molecule has 0 aliphatic carbocycles. The molecule has 1 saturated heterocycles. The minimum atomic E-state index is -0.297. The molecule has 1 heterocycles. The van der Waals surface area contributed by atoms with Crippen molar-refractivity contribution in [3.63, 3.8) is 0 Å². The Bertz CT molecular complexity index is 758. The van der Waals surface area contributed by atoms with Crippen LogP contribution in [0.1, 0.15) is 6.92 Å². The highest BCUT2D eigenvalue weighted by atomic mass is 19.1. The maximum Gasteiger partial charge on any atom is 0.241 e. The van der Waals surface area contributed by atoms with Crippen molar-refractivity contribution < 1.29 is 13.9 Å². The van der Waals surface area contributed by atoms with Crippen molar-refractivity contribution >= 4 is 17.3 Å². The van der Waals surface area contributed by atoms with Gasteiger partial charge in [-0.2, -0.15) is 0 Å². The maximum atomic E-state index is 13.1. The third-order valence-electron chi connectivity index (χ3n) is 4.91. The number of rotatable bonds is 6. The van der Waals surface area contributed by atoms with E-state index in [4.69, 9.17) is 4.74 Å². The Balaban J connectivity index is 1.58. The molecular weight excluding hydrogens is 345 g/mol. The Morgan fingerprint density at radius 2 is 1.74 bits per heavy atom. The lowest BCUT2D eigenvalue weighted by molar-refractivity contribution is -0.119. The highest BCUT2D eigenvalue weighted by molar-refractivity contribution is 5.94. The van der Waals surface area contributed by atoms with Crippen LogP contribution in [0.2, 0.25) is 0 Å². The first-order valence-corrected chi connectivity index (χ1v) is 9.28. The van der Waals surface area contributed by atoms with Gasteiger partial charge in [0, 0.05) is 38.4 Å². The van der Waals surface area contributed by atoms with Crippen LogP contribution in [0.15, 0.2) is 48.5 Å². The zero-order valence-corrected chi connectivity index (χ0v) is 15.9. The van der Waals surface area contributed by atoms with Crippen LogP contribution in [0.3, 0.4) is 0 Å². The average molecular weight is 371 g/mol. The fourth-order valence-electron chi connectivity index (χ4n) is 3.44. The van der Waals surface area contributed by atoms with E-state index < -0.39 is 0 Å². The monoisotopic (exact) mass is 371 g/mol. The van der Waals surface area contributed by atoms with Gasteiger partial charge in [-0.15, -0.1) is 0 Å². The van der Waals surface area contributed by atoms with Gasteiger partial charge in [0.2, 0.25) is 5.91 Å². The lowest BCUT2D eigenvalue weighted by Crippen LogP contribution is -2.50. The Morgan fingerprint density at radius 3 is 2.37 bits per heavy atom. The molecule has 1 amide bonds. The topological polar surface area (TPSA) is 36.0 Å². The molecule has 0 saturated carbocycles. The molecule has 0 aromatic heterocycles. The van der Waals surface area contributed by atoms with Crippen molar-refractivity contribution in [1.82, 2.24) is 4.90 Å². The van der Waals surface area contributed by atoms with Crippen molar-refractivity contribution in [3.05, 3.63) is 54.3 Å². The fourth-order valence-corrected chi connectivity index (χ4v) is 3.44. The molecule has 1 fully saturated rings. The van der Waals surface area contributed by atoms with E-state index in [1.54, 1.807) is 24.1 Å². The van der Waals surface area contributed by atoms with Gasteiger partial charge in [-0.05, 0) is 43.3 Å². The predicted molar refractivity (Wildman–Crippen MR) is 106 cm³/mol. The molecule has 0 N–H and O–H groups in total. The summed E-state index contributed by atoms with van der Waals surface area (Å²) in [5.41, 5.74) is 1.82. The van der Waals surface area contributed by atoms with Crippen molar-refractivity contribution in [2.24, 2.45) is 0 Å². The van der Waals surface area contributed by atoms with Crippen LogP contribution in [0.25, 0.3) is 0 Å². The number of carbonyl (C=O) groups is 1. The summed E-state index contributed by atoms with van der Waals surface area (Å²) in [6, 6.07) is 14.1. The van der Waals surface area contributed by atoms with Crippen LogP contribution in [0.4, 0.5) is 15.8 Å². The van der Waals surface area contributed by atoms with Crippen molar-refractivity contribution in [1.29, 1.82) is 0 Å². The van der Waals surface area contributed by atoms with E-state index in [0.29, 0.717) is 13.1 Å². The highest BCUT2D eigenvalue weighted by Crippen LogP contribution is 2.28. The molecule has 5 nitrogen and oxygen atoms in total. The van der Waals surface area contributed by atoms with Crippen LogP contribution >= 0.6 is 0 Å². The molecule has 2 aromatic rings. The number of para-hydroxylation sites is 2. The zero-order chi connectivity index (χ0) is 19.2. The van der Waals surface area contributed by atoms with Gasteiger partial charge in [0.15, 0.2) is 0 Å². The first-order chi connectivity index (χ1) is 13.1. The molecule has 0 radical (unpaired) electrons. The average Bonchev–Trinajstić information content (AvgIpc) is 2.70. The molecule has 2 aromatic carbocycles. The molecule has 1 aliphatic heterocycles. The number of nitrogens with zero attached hydrogens (tertiary/aromatic N) is 3. The molecule has 0 atom stereocenters. The standard InChI is InChI=1S/C21H26FN3O2/c1-3-25(18-10-8-17(22)9-11-18)21(26)16-23-12-14-24(15-13-23)19-6-4-5-7-20(19)27-2/h4-11H,3,12-16H2,1-2H3. The third kappa shape index (κ3) is 4.57. The van der Waals surface area contributed by atoms with E-state index in [9.17, 15) is 9.18 Å². The summed E-state index contributed by atoms with van der Waals surface area (Å²) in [6.07, 6.45) is 0. The van der Waals surface area contributed by atoms with Gasteiger partial charge < -0.3 is 14.5 Å². The second-order valence-electron chi connectivity index (χ2n) is 6.55. The van der Waals surface area contributed by atoms with Crippen LogP contribution in [-0.4, -0.2) is 57.2 Å². The molecule has 3 rings (SSSR count). The SMILES string of the molecule is CCN(C(=O)CN1CCN(c2ccccc2OC)CC1)c1ccc(F)cc1. The lowest BCUT2D eigenvalue weighted by atomic mass is 10.2. The van der Waals surface area contributed by atoms with Gasteiger partial charge in [0.25, 0.3) is 0 Å². The lowest BCUT2D eigenvalue weighted by Gasteiger charge is -2.37. The van der Waals surface area contributed by atoms with Crippen molar-refractivity contribution in [3.8, 4) is 5.75 Å². The first kappa shape index (κ1) is 19.2. The van der Waals surface area contributed by atoms with Gasteiger partial charge in [-0.1, -0.05) is 12.1 Å². The van der Waals surface area contributed by atoms with E-state index in [0.717, 1.165) is 43.3 Å². The Kier molecular flexibility index (Phi) is 6.29. The van der Waals surface area contributed by atoms with Crippen LogP contribution < -0.4 is 14.5 Å². The van der Waals surface area contributed by atoms with Crippen molar-refractivity contribution in [2.45, 2.75) is 6.92 Å².